The second kappa shape index (κ2) is 16.5. The first kappa shape index (κ1) is 25.4. The molecule has 0 aliphatic carbocycles. The van der Waals surface area contributed by atoms with Crippen molar-refractivity contribution < 1.29 is 19.1 Å². The summed E-state index contributed by atoms with van der Waals surface area (Å²) in [5.74, 6) is -0.262. The summed E-state index contributed by atoms with van der Waals surface area (Å²) in [4.78, 5) is 22.5. The average Bonchev–Trinajstić information content (AvgIpc) is 2.58. The zero-order chi connectivity index (χ0) is 19.7. The third-order valence-corrected chi connectivity index (χ3v) is 4.86. The summed E-state index contributed by atoms with van der Waals surface area (Å²) in [5.41, 5.74) is 5.54. The summed E-state index contributed by atoms with van der Waals surface area (Å²) < 4.78 is 0.547. The van der Waals surface area contributed by atoms with E-state index in [4.69, 9.17) is 15.5 Å². The zero-order valence-corrected chi connectivity index (χ0v) is 17.9. The van der Waals surface area contributed by atoms with Gasteiger partial charge in [0.25, 0.3) is 0 Å². The summed E-state index contributed by atoms with van der Waals surface area (Å²) in [5, 5.41) is 0. The third kappa shape index (κ3) is 14.5. The van der Waals surface area contributed by atoms with Gasteiger partial charge in [-0.2, -0.15) is 4.89 Å². The highest BCUT2D eigenvalue weighted by atomic mass is 17.2. The molecule has 5 heteroatoms. The van der Waals surface area contributed by atoms with Gasteiger partial charge in [0.15, 0.2) is 6.04 Å². The molecule has 0 aliphatic rings. The monoisotopic (exact) mass is 373 g/mol. The van der Waals surface area contributed by atoms with Crippen molar-refractivity contribution in [2.75, 3.05) is 34.3 Å². The SMILES string of the molecule is CCCCCCCCCCCCOOC(=O)[C@H](CCCCN)[N+](C)(C)C. The van der Waals surface area contributed by atoms with Gasteiger partial charge >= 0.3 is 5.97 Å². The number of rotatable bonds is 18. The van der Waals surface area contributed by atoms with Gasteiger partial charge in [-0.15, -0.1) is 0 Å². The Hall–Kier alpha value is -0.650. The van der Waals surface area contributed by atoms with Crippen molar-refractivity contribution in [1.29, 1.82) is 0 Å². The van der Waals surface area contributed by atoms with Crippen molar-refractivity contribution >= 4 is 5.97 Å². The number of likely N-dealkylation sites (N-methyl/N-ethyl adjacent to an activating group) is 1. The summed E-state index contributed by atoms with van der Waals surface area (Å²) in [7, 11) is 6.03. The van der Waals surface area contributed by atoms with Crippen LogP contribution < -0.4 is 5.73 Å². The molecule has 156 valence electrons. The molecule has 0 radical (unpaired) electrons. The molecule has 0 aromatic rings. The lowest BCUT2D eigenvalue weighted by atomic mass is 10.1. The van der Waals surface area contributed by atoms with Crippen LogP contribution in [0, 0.1) is 0 Å². The molecule has 0 aromatic heterocycles. The van der Waals surface area contributed by atoms with Crippen LogP contribution >= 0.6 is 0 Å². The summed E-state index contributed by atoms with van der Waals surface area (Å²) in [6.07, 6.45) is 15.4. The van der Waals surface area contributed by atoms with E-state index in [1.807, 2.05) is 21.1 Å². The lowest BCUT2D eigenvalue weighted by Crippen LogP contribution is -2.50. The van der Waals surface area contributed by atoms with Gasteiger partial charge in [-0.25, -0.2) is 4.79 Å². The Morgan fingerprint density at radius 1 is 0.846 bits per heavy atom. The Kier molecular flexibility index (Phi) is 16.1. The van der Waals surface area contributed by atoms with Crippen molar-refractivity contribution in [3.8, 4) is 0 Å². The van der Waals surface area contributed by atoms with E-state index in [2.05, 4.69) is 6.92 Å². The maximum atomic E-state index is 12.3. The number of carbonyl (C=O) groups is 1. The molecule has 0 unspecified atom stereocenters. The summed E-state index contributed by atoms with van der Waals surface area (Å²) in [6.45, 7) is 3.41. The molecule has 0 heterocycles. The molecule has 0 spiro atoms. The fourth-order valence-corrected chi connectivity index (χ4v) is 3.11. The predicted octanol–water partition coefficient (Wildman–Crippen LogP) is 4.59. The summed E-state index contributed by atoms with van der Waals surface area (Å²) in [6, 6.07) is -0.200. The molecule has 0 rings (SSSR count). The number of nitrogens with two attached hydrogens (primary N) is 1. The molecular weight excluding hydrogens is 328 g/mol. The van der Waals surface area contributed by atoms with Crippen LogP contribution in [0.2, 0.25) is 0 Å². The number of hydrogen-bond donors (Lipinski definition) is 1. The van der Waals surface area contributed by atoms with Gasteiger partial charge in [-0.3, -0.25) is 4.89 Å². The molecule has 0 fully saturated rings. The van der Waals surface area contributed by atoms with E-state index in [1.54, 1.807) is 0 Å². The number of carbonyl (C=O) groups excluding carboxylic acids is 1. The molecular formula is C21H45N2O3+. The van der Waals surface area contributed by atoms with Crippen molar-refractivity contribution in [2.45, 2.75) is 96.4 Å². The van der Waals surface area contributed by atoms with E-state index in [0.29, 0.717) is 17.6 Å². The molecule has 0 saturated heterocycles. The van der Waals surface area contributed by atoms with Gasteiger partial charge in [0.05, 0.1) is 27.7 Å². The Morgan fingerprint density at radius 3 is 1.88 bits per heavy atom. The highest BCUT2D eigenvalue weighted by Gasteiger charge is 2.33. The normalized spacial score (nSPS) is 13.0. The Morgan fingerprint density at radius 2 is 1.38 bits per heavy atom. The van der Waals surface area contributed by atoms with Crippen LogP contribution in [-0.4, -0.2) is 50.8 Å². The minimum Gasteiger partial charge on any atom is -0.330 e. The van der Waals surface area contributed by atoms with E-state index in [1.165, 1.54) is 51.4 Å². The van der Waals surface area contributed by atoms with Crippen molar-refractivity contribution in [3.05, 3.63) is 0 Å². The van der Waals surface area contributed by atoms with E-state index < -0.39 is 0 Å². The molecule has 0 aliphatic heterocycles. The summed E-state index contributed by atoms with van der Waals surface area (Å²) >= 11 is 0. The first-order valence-corrected chi connectivity index (χ1v) is 10.8. The molecule has 0 saturated carbocycles. The molecule has 26 heavy (non-hydrogen) atoms. The molecule has 0 amide bonds. The van der Waals surface area contributed by atoms with Gasteiger partial charge in [-0.1, -0.05) is 64.7 Å². The van der Waals surface area contributed by atoms with E-state index in [0.717, 1.165) is 32.1 Å². The second-order valence-electron chi connectivity index (χ2n) is 8.32. The van der Waals surface area contributed by atoms with Gasteiger partial charge in [0.2, 0.25) is 0 Å². The van der Waals surface area contributed by atoms with E-state index in [9.17, 15) is 4.79 Å². The average molecular weight is 374 g/mol. The van der Waals surface area contributed by atoms with E-state index in [-0.39, 0.29) is 12.0 Å². The molecule has 1 atom stereocenters. The lowest BCUT2D eigenvalue weighted by Gasteiger charge is -2.31. The van der Waals surface area contributed by atoms with Crippen molar-refractivity contribution in [1.82, 2.24) is 0 Å². The highest BCUT2D eigenvalue weighted by molar-refractivity contribution is 5.73. The van der Waals surface area contributed by atoms with Crippen LogP contribution in [0.3, 0.4) is 0 Å². The fourth-order valence-electron chi connectivity index (χ4n) is 3.11. The van der Waals surface area contributed by atoms with Crippen LogP contribution in [0.25, 0.3) is 0 Å². The largest absolute Gasteiger partial charge is 0.399 e. The molecule has 2 N–H and O–H groups in total. The predicted molar refractivity (Wildman–Crippen MR) is 109 cm³/mol. The van der Waals surface area contributed by atoms with E-state index >= 15 is 0 Å². The van der Waals surface area contributed by atoms with Gasteiger partial charge in [0, 0.05) is 6.42 Å². The highest BCUT2D eigenvalue weighted by Crippen LogP contribution is 2.14. The third-order valence-electron chi connectivity index (χ3n) is 4.86. The van der Waals surface area contributed by atoms with Gasteiger partial charge < -0.3 is 10.2 Å². The number of hydrogen-bond acceptors (Lipinski definition) is 4. The quantitative estimate of drug-likeness (QED) is 0.165. The maximum absolute atomic E-state index is 12.3. The van der Waals surface area contributed by atoms with Crippen LogP contribution in [0.1, 0.15) is 90.4 Å². The van der Waals surface area contributed by atoms with Crippen LogP contribution in [0.4, 0.5) is 0 Å². The van der Waals surface area contributed by atoms with Crippen molar-refractivity contribution in [2.24, 2.45) is 5.73 Å². The number of nitrogens with zero attached hydrogens (tertiary/aromatic N) is 1. The minimum atomic E-state index is -0.262. The number of quaternary nitrogens is 1. The van der Waals surface area contributed by atoms with Crippen LogP contribution in [-0.2, 0) is 14.6 Å². The lowest BCUT2D eigenvalue weighted by molar-refractivity contribution is -0.888. The van der Waals surface area contributed by atoms with Gasteiger partial charge in [-0.05, 0) is 25.8 Å². The fraction of sp³-hybridized carbons (Fsp3) is 0.952. The van der Waals surface area contributed by atoms with Crippen LogP contribution in [0.5, 0.6) is 0 Å². The Balaban J connectivity index is 3.67. The maximum Gasteiger partial charge on any atom is 0.399 e. The van der Waals surface area contributed by atoms with Crippen LogP contribution in [0.15, 0.2) is 0 Å². The standard InChI is InChI=1S/C21H45N2O3/c1-5-6-7-8-9-10-11-12-13-16-19-25-26-21(24)20(23(2,3)4)17-14-15-18-22/h20H,5-19,22H2,1-4H3/q+1/t20-/m0/s1. The molecule has 0 aromatic carbocycles. The molecule has 5 nitrogen and oxygen atoms in total. The first-order valence-electron chi connectivity index (χ1n) is 10.8. The first-order chi connectivity index (χ1) is 12.4. The van der Waals surface area contributed by atoms with Crippen molar-refractivity contribution in [3.63, 3.8) is 0 Å². The molecule has 0 bridgehead atoms. The minimum absolute atomic E-state index is 0.200. The smallest absolute Gasteiger partial charge is 0.330 e. The van der Waals surface area contributed by atoms with Gasteiger partial charge in [0.1, 0.15) is 0 Å². The topological polar surface area (TPSA) is 61.5 Å². The Labute approximate surface area is 162 Å². The zero-order valence-electron chi connectivity index (χ0n) is 17.9. The number of unbranched alkanes of at least 4 members (excludes halogenated alkanes) is 10. The Bertz CT molecular complexity index is 330. The second-order valence-corrected chi connectivity index (χ2v) is 8.32.